The first-order valence-electron chi connectivity index (χ1n) is 4.85. The first-order valence-corrected chi connectivity index (χ1v) is 4.85. The zero-order valence-electron chi connectivity index (χ0n) is 8.69. The molecule has 0 aromatic heterocycles. The standard InChI is InChI=1S/C9H17N3O2/c1-3-11-5-8(13)12(4-7(2)10)9(14)6-11/h7H,3-6,10H2,1-2H3. The quantitative estimate of drug-likeness (QED) is 0.594. The van der Waals surface area contributed by atoms with Crippen LogP contribution >= 0.6 is 0 Å². The minimum absolute atomic E-state index is 0.139. The van der Waals surface area contributed by atoms with Crippen molar-refractivity contribution in [2.45, 2.75) is 19.9 Å². The number of rotatable bonds is 3. The lowest BCUT2D eigenvalue weighted by Crippen LogP contribution is -2.56. The highest BCUT2D eigenvalue weighted by molar-refractivity contribution is 5.99. The second-order valence-electron chi connectivity index (χ2n) is 3.68. The van der Waals surface area contributed by atoms with Gasteiger partial charge in [-0.05, 0) is 13.5 Å². The van der Waals surface area contributed by atoms with E-state index in [9.17, 15) is 9.59 Å². The molecule has 1 saturated heterocycles. The van der Waals surface area contributed by atoms with Gasteiger partial charge in [-0.2, -0.15) is 0 Å². The van der Waals surface area contributed by atoms with Gasteiger partial charge in [0.15, 0.2) is 0 Å². The Morgan fingerprint density at radius 1 is 1.36 bits per heavy atom. The SMILES string of the molecule is CCN1CC(=O)N(CC(C)N)C(=O)C1. The van der Waals surface area contributed by atoms with Gasteiger partial charge in [0.2, 0.25) is 11.8 Å². The Morgan fingerprint density at radius 2 is 1.86 bits per heavy atom. The molecule has 5 heteroatoms. The van der Waals surface area contributed by atoms with Crippen molar-refractivity contribution < 1.29 is 9.59 Å². The van der Waals surface area contributed by atoms with Crippen molar-refractivity contribution in [1.29, 1.82) is 0 Å². The minimum atomic E-state index is -0.156. The molecule has 0 aromatic rings. The first kappa shape index (κ1) is 11.1. The number of hydrogen-bond donors (Lipinski definition) is 1. The topological polar surface area (TPSA) is 66.6 Å². The summed E-state index contributed by atoms with van der Waals surface area (Å²) in [6.07, 6.45) is 0. The van der Waals surface area contributed by atoms with Crippen molar-refractivity contribution in [3.8, 4) is 0 Å². The normalized spacial score (nSPS) is 21.5. The zero-order chi connectivity index (χ0) is 10.7. The van der Waals surface area contributed by atoms with Crippen molar-refractivity contribution in [2.24, 2.45) is 5.73 Å². The Bertz CT molecular complexity index is 222. The maximum Gasteiger partial charge on any atom is 0.243 e. The fraction of sp³-hybridized carbons (Fsp3) is 0.778. The fourth-order valence-corrected chi connectivity index (χ4v) is 1.46. The Balaban J connectivity index is 2.61. The van der Waals surface area contributed by atoms with Crippen LogP contribution in [-0.2, 0) is 9.59 Å². The lowest BCUT2D eigenvalue weighted by atomic mass is 10.2. The lowest BCUT2D eigenvalue weighted by molar-refractivity contribution is -0.151. The van der Waals surface area contributed by atoms with Crippen LogP contribution in [0.5, 0.6) is 0 Å². The first-order chi connectivity index (χ1) is 6.54. The molecule has 1 unspecified atom stereocenters. The van der Waals surface area contributed by atoms with E-state index >= 15 is 0 Å². The summed E-state index contributed by atoms with van der Waals surface area (Å²) in [5, 5.41) is 0. The second kappa shape index (κ2) is 4.52. The van der Waals surface area contributed by atoms with E-state index in [0.29, 0.717) is 19.6 Å². The molecule has 1 heterocycles. The molecule has 1 aliphatic heterocycles. The number of likely N-dealkylation sites (N-methyl/N-ethyl adjacent to an activating group) is 1. The minimum Gasteiger partial charge on any atom is -0.326 e. The van der Waals surface area contributed by atoms with E-state index in [1.54, 1.807) is 6.92 Å². The van der Waals surface area contributed by atoms with Gasteiger partial charge in [-0.1, -0.05) is 6.92 Å². The molecule has 80 valence electrons. The average Bonchev–Trinajstić information content (AvgIpc) is 2.10. The molecule has 1 rings (SSSR count). The van der Waals surface area contributed by atoms with E-state index in [1.165, 1.54) is 4.90 Å². The van der Waals surface area contributed by atoms with E-state index in [4.69, 9.17) is 5.73 Å². The molecule has 0 radical (unpaired) electrons. The van der Waals surface area contributed by atoms with Crippen LogP contribution in [0.15, 0.2) is 0 Å². The van der Waals surface area contributed by atoms with Crippen LogP contribution in [0, 0.1) is 0 Å². The third-order valence-electron chi connectivity index (χ3n) is 2.24. The third kappa shape index (κ3) is 2.52. The maximum absolute atomic E-state index is 11.5. The molecule has 0 aliphatic carbocycles. The Morgan fingerprint density at radius 3 is 2.21 bits per heavy atom. The van der Waals surface area contributed by atoms with Gasteiger partial charge in [-0.25, -0.2) is 0 Å². The summed E-state index contributed by atoms with van der Waals surface area (Å²) in [6, 6.07) is -0.156. The number of hydrogen-bond acceptors (Lipinski definition) is 4. The number of piperazine rings is 1. The Hall–Kier alpha value is -0.940. The number of amides is 2. The van der Waals surface area contributed by atoms with Crippen LogP contribution < -0.4 is 5.73 Å². The van der Waals surface area contributed by atoms with E-state index in [1.807, 2.05) is 11.8 Å². The van der Waals surface area contributed by atoms with Crippen molar-refractivity contribution in [3.63, 3.8) is 0 Å². The van der Waals surface area contributed by atoms with E-state index in [2.05, 4.69) is 0 Å². The van der Waals surface area contributed by atoms with Crippen molar-refractivity contribution in [3.05, 3.63) is 0 Å². The number of carbonyl (C=O) groups excluding carboxylic acids is 2. The van der Waals surface area contributed by atoms with Crippen LogP contribution in [0.3, 0.4) is 0 Å². The van der Waals surface area contributed by atoms with Crippen LogP contribution in [0.1, 0.15) is 13.8 Å². The molecule has 0 saturated carbocycles. The fourth-order valence-electron chi connectivity index (χ4n) is 1.46. The number of nitrogens with two attached hydrogens (primary N) is 1. The summed E-state index contributed by atoms with van der Waals surface area (Å²) in [4.78, 5) is 26.1. The van der Waals surface area contributed by atoms with Crippen molar-refractivity contribution in [1.82, 2.24) is 9.80 Å². The zero-order valence-corrected chi connectivity index (χ0v) is 8.69. The molecule has 14 heavy (non-hydrogen) atoms. The van der Waals surface area contributed by atoms with Gasteiger partial charge in [0, 0.05) is 12.6 Å². The number of nitrogens with zero attached hydrogens (tertiary/aromatic N) is 2. The summed E-state index contributed by atoms with van der Waals surface area (Å²) in [5.41, 5.74) is 5.56. The average molecular weight is 199 g/mol. The summed E-state index contributed by atoms with van der Waals surface area (Å²) >= 11 is 0. The van der Waals surface area contributed by atoms with E-state index in [0.717, 1.165) is 6.54 Å². The highest BCUT2D eigenvalue weighted by Crippen LogP contribution is 2.04. The molecule has 1 fully saturated rings. The van der Waals surface area contributed by atoms with Crippen LogP contribution in [0.2, 0.25) is 0 Å². The second-order valence-corrected chi connectivity index (χ2v) is 3.68. The van der Waals surface area contributed by atoms with Crippen molar-refractivity contribution in [2.75, 3.05) is 26.2 Å². The summed E-state index contributed by atoms with van der Waals surface area (Å²) in [5.74, 6) is -0.277. The van der Waals surface area contributed by atoms with E-state index in [-0.39, 0.29) is 17.9 Å². The molecule has 2 N–H and O–H groups in total. The molecular weight excluding hydrogens is 182 g/mol. The molecule has 0 bridgehead atoms. The van der Waals surface area contributed by atoms with Gasteiger partial charge in [-0.15, -0.1) is 0 Å². The van der Waals surface area contributed by atoms with Gasteiger partial charge in [0.1, 0.15) is 0 Å². The van der Waals surface area contributed by atoms with Gasteiger partial charge in [0.25, 0.3) is 0 Å². The molecule has 5 nitrogen and oxygen atoms in total. The van der Waals surface area contributed by atoms with Gasteiger partial charge < -0.3 is 5.73 Å². The monoisotopic (exact) mass is 199 g/mol. The molecule has 0 aromatic carbocycles. The summed E-state index contributed by atoms with van der Waals surface area (Å²) < 4.78 is 0. The highest BCUT2D eigenvalue weighted by atomic mass is 16.2. The predicted molar refractivity (Wildman–Crippen MR) is 52.5 cm³/mol. The van der Waals surface area contributed by atoms with Crippen molar-refractivity contribution >= 4 is 11.8 Å². The molecule has 1 aliphatic rings. The molecular formula is C9H17N3O2. The lowest BCUT2D eigenvalue weighted by Gasteiger charge is -2.32. The predicted octanol–water partition coefficient (Wildman–Crippen LogP) is -0.976. The van der Waals surface area contributed by atoms with E-state index < -0.39 is 0 Å². The smallest absolute Gasteiger partial charge is 0.243 e. The summed E-state index contributed by atoms with van der Waals surface area (Å²) in [6.45, 7) is 5.43. The maximum atomic E-state index is 11.5. The largest absolute Gasteiger partial charge is 0.326 e. The van der Waals surface area contributed by atoms with Crippen LogP contribution in [0.4, 0.5) is 0 Å². The Kier molecular flexibility index (Phi) is 3.60. The van der Waals surface area contributed by atoms with Crippen LogP contribution in [0.25, 0.3) is 0 Å². The van der Waals surface area contributed by atoms with Gasteiger partial charge in [0.05, 0.1) is 13.1 Å². The van der Waals surface area contributed by atoms with Gasteiger partial charge >= 0.3 is 0 Å². The number of imide groups is 1. The third-order valence-corrected chi connectivity index (χ3v) is 2.24. The molecule has 2 amide bonds. The summed E-state index contributed by atoms with van der Waals surface area (Å²) in [7, 11) is 0. The van der Waals surface area contributed by atoms with Gasteiger partial charge in [-0.3, -0.25) is 19.4 Å². The highest BCUT2D eigenvalue weighted by Gasteiger charge is 2.30. The Labute approximate surface area is 83.8 Å². The number of carbonyl (C=O) groups is 2. The molecule has 0 spiro atoms. The van der Waals surface area contributed by atoms with Crippen LogP contribution in [-0.4, -0.2) is 53.8 Å². The molecule has 1 atom stereocenters.